The average Bonchev–Trinajstić information content (AvgIpc) is 2.70. The topological polar surface area (TPSA) is 15.3 Å². The normalized spacial score (nSPS) is 20.8. The lowest BCUT2D eigenvalue weighted by Crippen LogP contribution is -2.36. The van der Waals surface area contributed by atoms with Crippen LogP contribution in [0, 0.1) is 11.6 Å². The van der Waals surface area contributed by atoms with E-state index in [0.717, 1.165) is 25.1 Å². The molecule has 1 unspecified atom stereocenters. The van der Waals surface area contributed by atoms with Crippen LogP contribution >= 0.6 is 0 Å². The third-order valence-corrected chi connectivity index (χ3v) is 3.23. The molecule has 4 heteroatoms. The van der Waals surface area contributed by atoms with Crippen LogP contribution in [-0.2, 0) is 6.54 Å². The first-order valence-electron chi connectivity index (χ1n) is 6.47. The number of rotatable bonds is 4. The minimum Gasteiger partial charge on any atom is -0.310 e. The predicted octanol–water partition coefficient (Wildman–Crippen LogP) is 2.54. The second-order valence-electron chi connectivity index (χ2n) is 5.29. The van der Waals surface area contributed by atoms with Gasteiger partial charge in [-0.1, -0.05) is 19.9 Å². The SMILES string of the molecule is CC(C)NC1CCN(Cc2ccc(F)c(F)c2)C1. The van der Waals surface area contributed by atoms with Gasteiger partial charge in [-0.25, -0.2) is 8.78 Å². The molecule has 1 heterocycles. The lowest BCUT2D eigenvalue weighted by atomic mass is 10.2. The fraction of sp³-hybridized carbons (Fsp3) is 0.571. The number of nitrogens with one attached hydrogen (secondary N) is 1. The van der Waals surface area contributed by atoms with Gasteiger partial charge in [-0.2, -0.15) is 0 Å². The van der Waals surface area contributed by atoms with E-state index in [2.05, 4.69) is 24.1 Å². The summed E-state index contributed by atoms with van der Waals surface area (Å²) in [6, 6.07) is 5.14. The molecule has 0 aromatic heterocycles. The Kier molecular flexibility index (Phi) is 4.30. The van der Waals surface area contributed by atoms with Gasteiger partial charge in [0.15, 0.2) is 11.6 Å². The van der Waals surface area contributed by atoms with Crippen LogP contribution in [0.25, 0.3) is 0 Å². The Morgan fingerprint density at radius 2 is 2.11 bits per heavy atom. The zero-order valence-electron chi connectivity index (χ0n) is 10.9. The largest absolute Gasteiger partial charge is 0.310 e. The number of hydrogen-bond donors (Lipinski definition) is 1. The van der Waals surface area contributed by atoms with Gasteiger partial charge in [0.25, 0.3) is 0 Å². The Balaban J connectivity index is 1.89. The summed E-state index contributed by atoms with van der Waals surface area (Å²) in [6.07, 6.45) is 1.11. The highest BCUT2D eigenvalue weighted by molar-refractivity contribution is 5.17. The third kappa shape index (κ3) is 3.50. The summed E-state index contributed by atoms with van der Waals surface area (Å²) in [5.74, 6) is -1.54. The maximum Gasteiger partial charge on any atom is 0.159 e. The lowest BCUT2D eigenvalue weighted by Gasteiger charge is -2.18. The maximum atomic E-state index is 13.1. The van der Waals surface area contributed by atoms with E-state index < -0.39 is 11.6 Å². The van der Waals surface area contributed by atoms with Gasteiger partial charge in [0.2, 0.25) is 0 Å². The molecule has 18 heavy (non-hydrogen) atoms. The van der Waals surface area contributed by atoms with Gasteiger partial charge in [0, 0.05) is 31.7 Å². The van der Waals surface area contributed by atoms with Crippen LogP contribution in [0.4, 0.5) is 8.78 Å². The van der Waals surface area contributed by atoms with E-state index in [9.17, 15) is 8.78 Å². The minimum atomic E-state index is -0.778. The fourth-order valence-electron chi connectivity index (χ4n) is 2.48. The van der Waals surface area contributed by atoms with E-state index in [4.69, 9.17) is 0 Å². The van der Waals surface area contributed by atoms with E-state index in [1.807, 2.05) is 0 Å². The van der Waals surface area contributed by atoms with Crippen LogP contribution in [0.15, 0.2) is 18.2 Å². The summed E-state index contributed by atoms with van der Waals surface area (Å²) < 4.78 is 25.9. The van der Waals surface area contributed by atoms with Crippen LogP contribution in [0.5, 0.6) is 0 Å². The Morgan fingerprint density at radius 3 is 2.78 bits per heavy atom. The molecule has 0 bridgehead atoms. The third-order valence-electron chi connectivity index (χ3n) is 3.23. The Bertz CT molecular complexity index is 407. The van der Waals surface area contributed by atoms with Gasteiger partial charge in [-0.05, 0) is 24.1 Å². The molecule has 100 valence electrons. The van der Waals surface area contributed by atoms with E-state index in [1.54, 1.807) is 6.07 Å². The molecular formula is C14H20F2N2. The minimum absolute atomic E-state index is 0.484. The average molecular weight is 254 g/mol. The number of nitrogens with zero attached hydrogens (tertiary/aromatic N) is 1. The molecule has 2 rings (SSSR count). The monoisotopic (exact) mass is 254 g/mol. The maximum absolute atomic E-state index is 13.1. The molecule has 1 saturated heterocycles. The quantitative estimate of drug-likeness (QED) is 0.888. The van der Waals surface area contributed by atoms with E-state index >= 15 is 0 Å². The molecule has 0 radical (unpaired) electrons. The molecule has 1 fully saturated rings. The van der Waals surface area contributed by atoms with Crippen molar-refractivity contribution < 1.29 is 8.78 Å². The van der Waals surface area contributed by atoms with Gasteiger partial charge >= 0.3 is 0 Å². The van der Waals surface area contributed by atoms with Crippen molar-refractivity contribution in [1.29, 1.82) is 0 Å². The zero-order valence-corrected chi connectivity index (χ0v) is 10.9. The molecule has 0 spiro atoms. The smallest absolute Gasteiger partial charge is 0.159 e. The second-order valence-corrected chi connectivity index (χ2v) is 5.29. The standard InChI is InChI=1S/C14H20F2N2/c1-10(2)17-12-5-6-18(9-12)8-11-3-4-13(15)14(16)7-11/h3-4,7,10,12,17H,5-6,8-9H2,1-2H3. The van der Waals surface area contributed by atoms with Crippen molar-refractivity contribution >= 4 is 0 Å². The van der Waals surface area contributed by atoms with E-state index in [0.29, 0.717) is 18.6 Å². The molecule has 1 N–H and O–H groups in total. The Labute approximate surface area is 107 Å². The molecule has 1 aliphatic heterocycles. The molecule has 1 aromatic rings. The number of benzene rings is 1. The van der Waals surface area contributed by atoms with Crippen molar-refractivity contribution in [3.05, 3.63) is 35.4 Å². The number of likely N-dealkylation sites (tertiary alicyclic amines) is 1. The Morgan fingerprint density at radius 1 is 1.33 bits per heavy atom. The summed E-state index contributed by atoms with van der Waals surface area (Å²) in [4.78, 5) is 2.27. The van der Waals surface area contributed by atoms with E-state index in [1.165, 1.54) is 12.1 Å². The number of hydrogen-bond acceptors (Lipinski definition) is 2. The van der Waals surface area contributed by atoms with Crippen molar-refractivity contribution in [2.24, 2.45) is 0 Å². The Hall–Kier alpha value is -1.00. The first-order valence-corrected chi connectivity index (χ1v) is 6.47. The van der Waals surface area contributed by atoms with Crippen molar-refractivity contribution in [3.63, 3.8) is 0 Å². The highest BCUT2D eigenvalue weighted by Gasteiger charge is 2.22. The number of halogens is 2. The fourth-order valence-corrected chi connectivity index (χ4v) is 2.48. The molecule has 1 aliphatic rings. The molecular weight excluding hydrogens is 234 g/mol. The van der Waals surface area contributed by atoms with Crippen molar-refractivity contribution in [2.75, 3.05) is 13.1 Å². The van der Waals surface area contributed by atoms with Crippen LogP contribution in [0.2, 0.25) is 0 Å². The summed E-state index contributed by atoms with van der Waals surface area (Å²) in [5, 5.41) is 3.50. The van der Waals surface area contributed by atoms with Crippen molar-refractivity contribution in [1.82, 2.24) is 10.2 Å². The van der Waals surface area contributed by atoms with Crippen molar-refractivity contribution in [2.45, 2.75) is 38.9 Å². The summed E-state index contributed by atoms with van der Waals surface area (Å²) in [5.41, 5.74) is 0.832. The molecule has 1 atom stereocenters. The molecule has 0 saturated carbocycles. The molecule has 2 nitrogen and oxygen atoms in total. The van der Waals surface area contributed by atoms with Gasteiger partial charge < -0.3 is 5.32 Å². The summed E-state index contributed by atoms with van der Waals surface area (Å²) >= 11 is 0. The van der Waals surface area contributed by atoms with Crippen LogP contribution in [0.1, 0.15) is 25.8 Å². The molecule has 0 amide bonds. The molecule has 1 aromatic carbocycles. The first-order chi connectivity index (χ1) is 8.54. The van der Waals surface area contributed by atoms with Crippen LogP contribution in [0.3, 0.4) is 0 Å². The lowest BCUT2D eigenvalue weighted by molar-refractivity contribution is 0.316. The van der Waals surface area contributed by atoms with Crippen LogP contribution < -0.4 is 5.32 Å². The summed E-state index contributed by atoms with van der Waals surface area (Å²) in [6.45, 7) is 6.93. The van der Waals surface area contributed by atoms with Gasteiger partial charge in [0.1, 0.15) is 0 Å². The van der Waals surface area contributed by atoms with Crippen molar-refractivity contribution in [3.8, 4) is 0 Å². The highest BCUT2D eigenvalue weighted by atomic mass is 19.2. The summed E-state index contributed by atoms with van der Waals surface area (Å²) in [7, 11) is 0. The van der Waals surface area contributed by atoms with Gasteiger partial charge in [0.05, 0.1) is 0 Å². The van der Waals surface area contributed by atoms with Gasteiger partial charge in [-0.3, -0.25) is 4.90 Å². The second kappa shape index (κ2) is 5.76. The van der Waals surface area contributed by atoms with E-state index in [-0.39, 0.29) is 0 Å². The zero-order chi connectivity index (χ0) is 13.1. The molecule has 0 aliphatic carbocycles. The highest BCUT2D eigenvalue weighted by Crippen LogP contribution is 2.15. The first kappa shape index (κ1) is 13.4. The van der Waals surface area contributed by atoms with Crippen LogP contribution in [-0.4, -0.2) is 30.1 Å². The van der Waals surface area contributed by atoms with Gasteiger partial charge in [-0.15, -0.1) is 0 Å². The predicted molar refractivity (Wildman–Crippen MR) is 68.3 cm³/mol.